The minimum absolute atomic E-state index is 0.118. The van der Waals surface area contributed by atoms with Crippen molar-refractivity contribution in [2.75, 3.05) is 6.54 Å². The van der Waals surface area contributed by atoms with Gasteiger partial charge in [0.05, 0.1) is 12.2 Å². The summed E-state index contributed by atoms with van der Waals surface area (Å²) in [6, 6.07) is 0. The first-order valence-corrected chi connectivity index (χ1v) is 3.38. The third-order valence-electron chi connectivity index (χ3n) is 1.81. The van der Waals surface area contributed by atoms with Gasteiger partial charge in [-0.3, -0.25) is 9.79 Å². The lowest BCUT2D eigenvalue weighted by atomic mass is 10.1. The highest BCUT2D eigenvalue weighted by Crippen LogP contribution is 2.17. The summed E-state index contributed by atoms with van der Waals surface area (Å²) in [6.07, 6.45) is 3.26. The van der Waals surface area contributed by atoms with Crippen LogP contribution < -0.4 is 5.32 Å². The second-order valence-corrected chi connectivity index (χ2v) is 2.54. The summed E-state index contributed by atoms with van der Waals surface area (Å²) in [4.78, 5) is 14.8. The molecular weight excluding hydrogens is 128 g/mol. The van der Waals surface area contributed by atoms with Crippen molar-refractivity contribution < 1.29 is 4.79 Å². The molecule has 0 aliphatic carbocycles. The Morgan fingerprint density at radius 2 is 2.40 bits per heavy atom. The number of nitrogens with one attached hydrogen (secondary N) is 1. The van der Waals surface area contributed by atoms with E-state index < -0.39 is 0 Å². The molecule has 2 aliphatic heterocycles. The van der Waals surface area contributed by atoms with Gasteiger partial charge in [0.25, 0.3) is 0 Å². The Hall–Kier alpha value is -1.12. The summed E-state index contributed by atoms with van der Waals surface area (Å²) in [5.74, 6) is 0.118. The van der Waals surface area contributed by atoms with Crippen LogP contribution in [0.3, 0.4) is 0 Å². The van der Waals surface area contributed by atoms with Crippen LogP contribution in [0.2, 0.25) is 0 Å². The van der Waals surface area contributed by atoms with Gasteiger partial charge in [0.2, 0.25) is 5.91 Å². The van der Waals surface area contributed by atoms with Gasteiger partial charge in [-0.2, -0.15) is 0 Å². The van der Waals surface area contributed by atoms with Gasteiger partial charge >= 0.3 is 0 Å². The number of hydrogen-bond acceptors (Lipinski definition) is 2. The monoisotopic (exact) mass is 136 g/mol. The average molecular weight is 136 g/mol. The summed E-state index contributed by atoms with van der Waals surface area (Å²) >= 11 is 0. The normalized spacial score (nSPS) is 23.0. The molecule has 0 atom stereocenters. The highest BCUT2D eigenvalue weighted by atomic mass is 16.1. The quantitative estimate of drug-likeness (QED) is 0.509. The van der Waals surface area contributed by atoms with E-state index in [1.54, 1.807) is 6.21 Å². The van der Waals surface area contributed by atoms with Gasteiger partial charge in [0.15, 0.2) is 0 Å². The third-order valence-corrected chi connectivity index (χ3v) is 1.81. The predicted molar refractivity (Wildman–Crippen MR) is 37.8 cm³/mol. The van der Waals surface area contributed by atoms with Crippen LogP contribution in [0.25, 0.3) is 0 Å². The van der Waals surface area contributed by atoms with Crippen molar-refractivity contribution >= 4 is 12.1 Å². The summed E-state index contributed by atoms with van der Waals surface area (Å²) in [6.45, 7) is 0.787. The first kappa shape index (κ1) is 5.65. The number of amides is 1. The largest absolute Gasteiger partial charge is 0.325 e. The van der Waals surface area contributed by atoms with E-state index in [0.29, 0.717) is 6.42 Å². The van der Waals surface area contributed by atoms with Crippen molar-refractivity contribution in [3.05, 3.63) is 11.3 Å². The van der Waals surface area contributed by atoms with E-state index >= 15 is 0 Å². The predicted octanol–water partition coefficient (Wildman–Crippen LogP) is 0.235. The lowest BCUT2D eigenvalue weighted by Gasteiger charge is -2.12. The fourth-order valence-corrected chi connectivity index (χ4v) is 1.24. The van der Waals surface area contributed by atoms with Gasteiger partial charge in [-0.15, -0.1) is 0 Å². The van der Waals surface area contributed by atoms with E-state index in [4.69, 9.17) is 0 Å². The summed E-state index contributed by atoms with van der Waals surface area (Å²) in [5.41, 5.74) is 2.22. The molecule has 0 saturated carbocycles. The maximum absolute atomic E-state index is 10.8. The molecule has 0 aromatic carbocycles. The fraction of sp³-hybridized carbons (Fsp3) is 0.429. The second-order valence-electron chi connectivity index (χ2n) is 2.54. The summed E-state index contributed by atoms with van der Waals surface area (Å²) in [5, 5.41) is 2.77. The molecule has 0 fully saturated rings. The van der Waals surface area contributed by atoms with E-state index in [-0.39, 0.29) is 5.91 Å². The standard InChI is InChI=1S/C7H8N2O/c10-7-2-1-5-3-8-4-6(5)9-7/h4H,1-3H2,(H,9,10). The molecule has 3 heteroatoms. The molecule has 0 unspecified atom stereocenters. The second kappa shape index (κ2) is 1.94. The Balaban J connectivity index is 2.27. The molecule has 2 rings (SSSR count). The molecule has 3 nitrogen and oxygen atoms in total. The first-order valence-electron chi connectivity index (χ1n) is 3.38. The van der Waals surface area contributed by atoms with Crippen LogP contribution in [0.1, 0.15) is 12.8 Å². The van der Waals surface area contributed by atoms with E-state index in [1.807, 2.05) is 0 Å². The minimum atomic E-state index is 0.118. The molecule has 1 amide bonds. The minimum Gasteiger partial charge on any atom is -0.325 e. The summed E-state index contributed by atoms with van der Waals surface area (Å²) < 4.78 is 0. The van der Waals surface area contributed by atoms with E-state index in [9.17, 15) is 4.79 Å². The Bertz CT molecular complexity index is 240. The highest BCUT2D eigenvalue weighted by molar-refractivity contribution is 5.92. The SMILES string of the molecule is O=C1CCC2=C(C=NC2)N1. The number of carbonyl (C=O) groups is 1. The molecule has 2 heterocycles. The molecule has 2 aliphatic rings. The van der Waals surface area contributed by atoms with Crippen molar-refractivity contribution in [2.24, 2.45) is 4.99 Å². The zero-order valence-corrected chi connectivity index (χ0v) is 5.55. The Morgan fingerprint density at radius 1 is 1.50 bits per heavy atom. The van der Waals surface area contributed by atoms with Crippen LogP contribution >= 0.6 is 0 Å². The molecule has 0 bridgehead atoms. The van der Waals surface area contributed by atoms with Crippen LogP contribution in [-0.4, -0.2) is 18.7 Å². The van der Waals surface area contributed by atoms with Crippen molar-refractivity contribution in [3.8, 4) is 0 Å². The fourth-order valence-electron chi connectivity index (χ4n) is 1.24. The van der Waals surface area contributed by atoms with Crippen LogP contribution in [0.4, 0.5) is 0 Å². The number of allylic oxidation sites excluding steroid dienone is 1. The lowest BCUT2D eigenvalue weighted by Crippen LogP contribution is -2.27. The zero-order valence-electron chi connectivity index (χ0n) is 5.55. The maximum atomic E-state index is 10.8. The van der Waals surface area contributed by atoms with Crippen LogP contribution in [-0.2, 0) is 4.79 Å². The number of hydrogen-bond donors (Lipinski definition) is 1. The van der Waals surface area contributed by atoms with Gasteiger partial charge in [-0.05, 0) is 12.0 Å². The van der Waals surface area contributed by atoms with E-state index in [2.05, 4.69) is 10.3 Å². The van der Waals surface area contributed by atoms with Gasteiger partial charge in [0, 0.05) is 12.6 Å². The van der Waals surface area contributed by atoms with Crippen molar-refractivity contribution in [3.63, 3.8) is 0 Å². The van der Waals surface area contributed by atoms with Crippen molar-refractivity contribution in [1.29, 1.82) is 0 Å². The lowest BCUT2D eigenvalue weighted by molar-refractivity contribution is -0.120. The average Bonchev–Trinajstić information content (AvgIpc) is 2.33. The van der Waals surface area contributed by atoms with Crippen molar-refractivity contribution in [1.82, 2.24) is 5.32 Å². The zero-order chi connectivity index (χ0) is 6.97. The summed E-state index contributed by atoms with van der Waals surface area (Å²) in [7, 11) is 0. The number of carbonyl (C=O) groups excluding carboxylic acids is 1. The first-order chi connectivity index (χ1) is 4.86. The van der Waals surface area contributed by atoms with Crippen molar-refractivity contribution in [2.45, 2.75) is 12.8 Å². The molecular formula is C7H8N2O. The smallest absolute Gasteiger partial charge is 0.224 e. The van der Waals surface area contributed by atoms with E-state index in [0.717, 1.165) is 18.7 Å². The van der Waals surface area contributed by atoms with Gasteiger partial charge in [-0.25, -0.2) is 0 Å². The molecule has 0 spiro atoms. The maximum Gasteiger partial charge on any atom is 0.224 e. The van der Waals surface area contributed by atoms with Crippen LogP contribution in [0, 0.1) is 0 Å². The number of aliphatic imine (C=N–C) groups is 1. The topological polar surface area (TPSA) is 41.5 Å². The number of rotatable bonds is 0. The molecule has 52 valence electrons. The Labute approximate surface area is 58.8 Å². The molecule has 0 radical (unpaired) electrons. The third kappa shape index (κ3) is 0.744. The highest BCUT2D eigenvalue weighted by Gasteiger charge is 2.18. The molecule has 10 heavy (non-hydrogen) atoms. The number of nitrogens with zero attached hydrogens (tertiary/aromatic N) is 1. The Morgan fingerprint density at radius 3 is 3.30 bits per heavy atom. The van der Waals surface area contributed by atoms with Crippen LogP contribution in [0.15, 0.2) is 16.3 Å². The Kier molecular flexibility index (Phi) is 1.09. The van der Waals surface area contributed by atoms with E-state index in [1.165, 1.54) is 5.57 Å². The van der Waals surface area contributed by atoms with Crippen LogP contribution in [0.5, 0.6) is 0 Å². The molecule has 0 aromatic rings. The van der Waals surface area contributed by atoms with Gasteiger partial charge < -0.3 is 5.32 Å². The molecule has 0 saturated heterocycles. The van der Waals surface area contributed by atoms with Gasteiger partial charge in [0.1, 0.15) is 0 Å². The van der Waals surface area contributed by atoms with Gasteiger partial charge in [-0.1, -0.05) is 0 Å². The molecule has 1 N–H and O–H groups in total. The molecule has 0 aromatic heterocycles.